The van der Waals surface area contributed by atoms with E-state index in [9.17, 15) is 0 Å². The van der Waals surface area contributed by atoms with Gasteiger partial charge in [-0.2, -0.15) is 4.52 Å². The predicted octanol–water partition coefficient (Wildman–Crippen LogP) is 1.47. The van der Waals surface area contributed by atoms with Crippen LogP contribution in [0.5, 0.6) is 0 Å². The van der Waals surface area contributed by atoms with Crippen molar-refractivity contribution in [1.82, 2.24) is 34.4 Å². The van der Waals surface area contributed by atoms with Gasteiger partial charge in [-0.3, -0.25) is 4.40 Å². The number of imidazole rings is 1. The quantitative estimate of drug-likeness (QED) is 0.422. The van der Waals surface area contributed by atoms with Crippen LogP contribution in [0.3, 0.4) is 0 Å². The summed E-state index contributed by atoms with van der Waals surface area (Å²) >= 11 is 0. The average Bonchev–Trinajstić information content (AvgIpc) is 3.12. The molecule has 4 aromatic heterocycles. The maximum atomic E-state index is 4.61. The molecule has 0 aliphatic heterocycles. The van der Waals surface area contributed by atoms with Crippen LogP contribution in [0, 0.1) is 0 Å². The van der Waals surface area contributed by atoms with Crippen LogP contribution in [0.25, 0.3) is 33.5 Å². The molecule has 0 radical (unpaired) electrons. The second-order valence-electron chi connectivity index (χ2n) is 4.52. The lowest BCUT2D eigenvalue weighted by Crippen LogP contribution is -2.00. The van der Waals surface area contributed by atoms with Gasteiger partial charge in [0.15, 0.2) is 11.3 Å². The summed E-state index contributed by atoms with van der Waals surface area (Å²) < 4.78 is 3.62. The van der Waals surface area contributed by atoms with Crippen molar-refractivity contribution in [1.29, 1.82) is 0 Å². The number of nitrogens with zero attached hydrogens (tertiary/aromatic N) is 7. The molecule has 0 aliphatic rings. The van der Waals surface area contributed by atoms with Gasteiger partial charge < -0.3 is 0 Å². The molecule has 0 atom stereocenters. The summed E-state index contributed by atoms with van der Waals surface area (Å²) in [5.41, 5.74) is 3.35. The van der Waals surface area contributed by atoms with Crippen LogP contribution in [0.1, 0.15) is 0 Å². The molecule has 0 N–H and O–H groups in total. The molecular formula is C13H7N7. The normalized spacial score (nSPS) is 12.0. The molecule has 94 valence electrons. The molecule has 7 nitrogen and oxygen atoms in total. The Balaban J connectivity index is 2.27. The summed E-state index contributed by atoms with van der Waals surface area (Å²) in [6.07, 6.45) is 1.76. The molecule has 0 spiro atoms. The van der Waals surface area contributed by atoms with Gasteiger partial charge >= 0.3 is 0 Å². The standard InChI is InChI=1S/C13H7N7/c1-2-6-10-9(5-1)15-13-19(10)11-8(4-3-7-14-11)12-16-17-18-20(12)13/h1-7H. The SMILES string of the molecule is c1ccc2c(c1)nc1n3nnnc3c3cccnc3n21. The number of aromatic nitrogens is 7. The highest BCUT2D eigenvalue weighted by Gasteiger charge is 2.15. The highest BCUT2D eigenvalue weighted by atomic mass is 15.5. The Labute approximate surface area is 111 Å². The zero-order valence-corrected chi connectivity index (χ0v) is 10.2. The minimum Gasteiger partial charge on any atom is -0.260 e. The van der Waals surface area contributed by atoms with Crippen LogP contribution in [0.2, 0.25) is 0 Å². The van der Waals surface area contributed by atoms with Crippen molar-refractivity contribution in [3.8, 4) is 0 Å². The Morgan fingerprint density at radius 2 is 1.90 bits per heavy atom. The fourth-order valence-electron chi connectivity index (χ4n) is 2.60. The van der Waals surface area contributed by atoms with E-state index in [0.29, 0.717) is 11.4 Å². The number of pyridine rings is 1. The van der Waals surface area contributed by atoms with Gasteiger partial charge in [0.2, 0.25) is 5.78 Å². The molecule has 1 aromatic carbocycles. The number of hydrogen-bond donors (Lipinski definition) is 0. The van der Waals surface area contributed by atoms with Crippen LogP contribution in [0.4, 0.5) is 0 Å². The Bertz CT molecular complexity index is 1100. The lowest BCUT2D eigenvalue weighted by molar-refractivity contribution is 0.825. The lowest BCUT2D eigenvalue weighted by Gasteiger charge is -2.03. The molecule has 0 saturated heterocycles. The summed E-state index contributed by atoms with van der Waals surface area (Å²) in [4.78, 5) is 9.08. The maximum Gasteiger partial charge on any atom is 0.241 e. The summed E-state index contributed by atoms with van der Waals surface area (Å²) in [5, 5.41) is 12.8. The van der Waals surface area contributed by atoms with E-state index in [1.54, 1.807) is 10.7 Å². The first-order valence-corrected chi connectivity index (χ1v) is 6.15. The van der Waals surface area contributed by atoms with Crippen molar-refractivity contribution in [2.45, 2.75) is 0 Å². The van der Waals surface area contributed by atoms with Crippen LogP contribution >= 0.6 is 0 Å². The first-order chi connectivity index (χ1) is 9.93. The van der Waals surface area contributed by atoms with Gasteiger partial charge in [-0.1, -0.05) is 12.1 Å². The first kappa shape index (κ1) is 9.79. The molecule has 4 heterocycles. The summed E-state index contributed by atoms with van der Waals surface area (Å²) in [6.45, 7) is 0. The van der Waals surface area contributed by atoms with Crippen LogP contribution in [-0.2, 0) is 0 Å². The van der Waals surface area contributed by atoms with Gasteiger partial charge in [0.05, 0.1) is 16.4 Å². The summed E-state index contributed by atoms with van der Waals surface area (Å²) in [5.74, 6) is 0.664. The number of benzene rings is 1. The Kier molecular flexibility index (Phi) is 1.60. The lowest BCUT2D eigenvalue weighted by atomic mass is 10.3. The molecule has 0 unspecified atom stereocenters. The summed E-state index contributed by atoms with van der Waals surface area (Å²) in [6, 6.07) is 11.8. The smallest absolute Gasteiger partial charge is 0.241 e. The topological polar surface area (TPSA) is 73.3 Å². The van der Waals surface area contributed by atoms with E-state index in [4.69, 9.17) is 0 Å². The zero-order valence-electron chi connectivity index (χ0n) is 10.2. The molecule has 0 fully saturated rings. The molecule has 5 aromatic rings. The Morgan fingerprint density at radius 3 is 2.90 bits per heavy atom. The monoisotopic (exact) mass is 261 g/mol. The van der Waals surface area contributed by atoms with Crippen molar-refractivity contribution >= 4 is 33.5 Å². The summed E-state index contributed by atoms with van der Waals surface area (Å²) in [7, 11) is 0. The van der Waals surface area contributed by atoms with Crippen molar-refractivity contribution in [2.24, 2.45) is 0 Å². The van der Waals surface area contributed by atoms with Gasteiger partial charge in [0, 0.05) is 6.20 Å². The number of hydrogen-bond acceptors (Lipinski definition) is 5. The maximum absolute atomic E-state index is 4.61. The molecule has 0 saturated carbocycles. The van der Waals surface area contributed by atoms with E-state index in [1.165, 1.54) is 0 Å². The second kappa shape index (κ2) is 3.27. The van der Waals surface area contributed by atoms with Gasteiger partial charge in [-0.25, -0.2) is 9.97 Å². The molecule has 20 heavy (non-hydrogen) atoms. The second-order valence-corrected chi connectivity index (χ2v) is 4.52. The minimum absolute atomic E-state index is 0.663. The van der Waals surface area contributed by atoms with Gasteiger partial charge in [0.1, 0.15) is 0 Å². The Hall–Kier alpha value is -3.09. The van der Waals surface area contributed by atoms with Gasteiger partial charge in [0.25, 0.3) is 0 Å². The van der Waals surface area contributed by atoms with Crippen LogP contribution < -0.4 is 0 Å². The van der Waals surface area contributed by atoms with Crippen molar-refractivity contribution < 1.29 is 0 Å². The third kappa shape index (κ3) is 1.03. The van der Waals surface area contributed by atoms with Crippen LogP contribution in [0.15, 0.2) is 42.6 Å². The third-order valence-corrected chi connectivity index (χ3v) is 3.44. The first-order valence-electron chi connectivity index (χ1n) is 6.15. The van der Waals surface area contributed by atoms with Crippen LogP contribution in [-0.4, -0.2) is 34.4 Å². The average molecular weight is 261 g/mol. The third-order valence-electron chi connectivity index (χ3n) is 3.44. The number of tetrazole rings is 1. The zero-order chi connectivity index (χ0) is 13.1. The highest BCUT2D eigenvalue weighted by molar-refractivity contribution is 5.94. The molecular weight excluding hydrogens is 254 g/mol. The van der Waals surface area contributed by atoms with Crippen molar-refractivity contribution in [2.75, 3.05) is 0 Å². The number of para-hydroxylation sites is 2. The molecule has 0 aliphatic carbocycles. The fraction of sp³-hybridized carbons (Fsp3) is 0. The van der Waals surface area contributed by atoms with E-state index in [2.05, 4.69) is 25.5 Å². The molecule has 7 heteroatoms. The van der Waals surface area contributed by atoms with E-state index < -0.39 is 0 Å². The fourth-order valence-corrected chi connectivity index (χ4v) is 2.60. The van der Waals surface area contributed by atoms with E-state index in [0.717, 1.165) is 22.1 Å². The highest BCUT2D eigenvalue weighted by Crippen LogP contribution is 2.23. The van der Waals surface area contributed by atoms with Crippen molar-refractivity contribution in [3.05, 3.63) is 42.6 Å². The van der Waals surface area contributed by atoms with E-state index >= 15 is 0 Å². The minimum atomic E-state index is 0.663. The molecule has 0 amide bonds. The van der Waals surface area contributed by atoms with E-state index in [-0.39, 0.29) is 0 Å². The van der Waals surface area contributed by atoms with Gasteiger partial charge in [-0.15, -0.1) is 5.10 Å². The van der Waals surface area contributed by atoms with Gasteiger partial charge in [-0.05, 0) is 34.7 Å². The number of rotatable bonds is 0. The molecule has 0 bridgehead atoms. The van der Waals surface area contributed by atoms with E-state index in [1.807, 2.05) is 40.8 Å². The van der Waals surface area contributed by atoms with Crippen molar-refractivity contribution in [3.63, 3.8) is 0 Å². The number of fused-ring (bicyclic) bond motifs is 8. The largest absolute Gasteiger partial charge is 0.260 e. The Morgan fingerprint density at radius 1 is 0.950 bits per heavy atom. The predicted molar refractivity (Wildman–Crippen MR) is 72.3 cm³/mol. The molecule has 5 rings (SSSR count).